The summed E-state index contributed by atoms with van der Waals surface area (Å²) in [6.07, 6.45) is 0. The van der Waals surface area contributed by atoms with E-state index in [0.717, 1.165) is 0 Å². The molecule has 29 valence electrons. The van der Waals surface area contributed by atoms with Crippen molar-refractivity contribution in [3.05, 3.63) is 10.1 Å². The summed E-state index contributed by atoms with van der Waals surface area (Å²) in [5.41, 5.74) is 0. The largest absolute Gasteiger partial charge is 0.328 e. The van der Waals surface area contributed by atoms with E-state index < -0.39 is 5.09 Å². The Balaban J connectivity index is 0. The molecule has 0 unspecified atom stereocenters. The van der Waals surface area contributed by atoms with Gasteiger partial charge in [0.1, 0.15) is 0 Å². The number of nitrogens with zero attached hydrogens (tertiary/aromatic N) is 1. The summed E-state index contributed by atoms with van der Waals surface area (Å²) in [5.74, 6) is 0. The van der Waals surface area contributed by atoms with Crippen LogP contribution in [0.1, 0.15) is 0 Å². The van der Waals surface area contributed by atoms with E-state index in [1.54, 1.807) is 0 Å². The van der Waals surface area contributed by atoms with E-state index in [-0.39, 0.29) is 18.0 Å². The average molecular weight is 138 g/mol. The molecule has 5 heteroatoms. The molecule has 0 aliphatic rings. The van der Waals surface area contributed by atoms with Crippen molar-refractivity contribution in [2.75, 3.05) is 0 Å². The molecule has 5 heavy (non-hydrogen) atoms. The Hall–Kier alpha value is -0.242. The molecule has 0 bridgehead atoms. The van der Waals surface area contributed by atoms with Gasteiger partial charge in [-0.3, -0.25) is 0 Å². The predicted octanol–water partition coefficient (Wildman–Crippen LogP) is -0.729. The molecule has 0 aromatic heterocycles. The van der Waals surface area contributed by atoms with Gasteiger partial charge in [0.05, 0.1) is 0 Å². The van der Waals surface area contributed by atoms with Crippen molar-refractivity contribution in [2.24, 2.45) is 0 Å². The molecule has 3 radical (unpaired) electrons. The summed E-state index contributed by atoms with van der Waals surface area (Å²) in [4.78, 5) is 8.36. The molecule has 0 aromatic rings. The molecule has 1 N–H and O–H groups in total. The molecule has 0 aliphatic carbocycles. The molecule has 0 spiro atoms. The maximum absolute atomic E-state index is 8.36. The van der Waals surface area contributed by atoms with Crippen LogP contribution in [0, 0.1) is 10.1 Å². The van der Waals surface area contributed by atoms with E-state index in [2.05, 4.69) is 0 Å². The number of hydrogen-bond acceptors (Lipinski definition) is 2. The van der Waals surface area contributed by atoms with Crippen LogP contribution in [0.3, 0.4) is 0 Å². The van der Waals surface area contributed by atoms with Gasteiger partial charge in [0.2, 0.25) is 0 Å². The SMILES string of the molecule is O=[N+]([O-])O.[As]. The molecule has 0 heterocycles. The fraction of sp³-hybridized carbons (Fsp3) is 0. The van der Waals surface area contributed by atoms with Crippen LogP contribution in [0.2, 0.25) is 0 Å². The third-order valence-corrected chi connectivity index (χ3v) is 0. The fourth-order valence-electron chi connectivity index (χ4n) is 0. The standard InChI is InChI=1S/As.HNO3/c;2-1(3)4/h;(H,2,3,4). The molecule has 0 amide bonds. The summed E-state index contributed by atoms with van der Waals surface area (Å²) >= 11 is 0. The first-order chi connectivity index (χ1) is 1.73. The minimum atomic E-state index is -1.50. The van der Waals surface area contributed by atoms with Gasteiger partial charge in [-0.15, -0.1) is 10.1 Å². The fourth-order valence-corrected chi connectivity index (χ4v) is 0. The first kappa shape index (κ1) is 8.83. The van der Waals surface area contributed by atoms with Crippen molar-refractivity contribution >= 4 is 18.0 Å². The topological polar surface area (TPSA) is 63.4 Å². The van der Waals surface area contributed by atoms with Gasteiger partial charge in [-0.25, -0.2) is 0 Å². The molecule has 0 aromatic carbocycles. The Morgan fingerprint density at radius 3 is 1.80 bits per heavy atom. The zero-order valence-corrected chi connectivity index (χ0v) is 4.03. The van der Waals surface area contributed by atoms with Gasteiger partial charge in [0.25, 0.3) is 5.09 Å². The van der Waals surface area contributed by atoms with Gasteiger partial charge in [0.15, 0.2) is 0 Å². The Kier molecular flexibility index (Phi) is 6.64. The first-order valence-corrected chi connectivity index (χ1v) is 0.565. The Bertz CT molecular complexity index is 29.9. The minimum Gasteiger partial charge on any atom is -0.328 e. The second kappa shape index (κ2) is 3.76. The van der Waals surface area contributed by atoms with E-state index in [9.17, 15) is 0 Å². The number of rotatable bonds is 0. The Morgan fingerprint density at radius 1 is 1.80 bits per heavy atom. The predicted molar refractivity (Wildman–Crippen MR) is 14.5 cm³/mol. The minimum absolute atomic E-state index is 0. The maximum atomic E-state index is 8.36. The molecule has 4 nitrogen and oxygen atoms in total. The molecule has 0 aliphatic heterocycles. The van der Waals surface area contributed by atoms with Gasteiger partial charge < -0.3 is 5.21 Å². The zero-order valence-electron chi connectivity index (χ0n) is 2.16. The van der Waals surface area contributed by atoms with Crippen LogP contribution in [0.25, 0.3) is 0 Å². The second-order valence-corrected chi connectivity index (χ2v) is 0.238. The van der Waals surface area contributed by atoms with Crippen LogP contribution in [0.15, 0.2) is 0 Å². The summed E-state index contributed by atoms with van der Waals surface area (Å²) in [5, 5.41) is 13.6. The smallest absolute Gasteiger partial charge is 0.291 e. The van der Waals surface area contributed by atoms with Gasteiger partial charge in [-0.05, 0) is 0 Å². The normalized spacial score (nSPS) is 4.80. The average Bonchev–Trinajstić information content (AvgIpc) is 0.811. The van der Waals surface area contributed by atoms with Crippen molar-refractivity contribution < 1.29 is 10.3 Å². The van der Waals surface area contributed by atoms with Gasteiger partial charge in [-0.2, -0.15) is 0 Å². The summed E-state index contributed by atoms with van der Waals surface area (Å²) < 4.78 is 0. The van der Waals surface area contributed by atoms with E-state index in [1.807, 2.05) is 0 Å². The zero-order chi connectivity index (χ0) is 3.58. The van der Waals surface area contributed by atoms with Gasteiger partial charge in [0, 0.05) is 18.0 Å². The van der Waals surface area contributed by atoms with Crippen LogP contribution in [-0.2, 0) is 0 Å². The van der Waals surface area contributed by atoms with E-state index >= 15 is 0 Å². The maximum Gasteiger partial charge on any atom is 0.291 e. The number of hydrogen-bond donors (Lipinski definition) is 1. The van der Waals surface area contributed by atoms with Crippen molar-refractivity contribution in [3.63, 3.8) is 0 Å². The summed E-state index contributed by atoms with van der Waals surface area (Å²) in [7, 11) is 0. The van der Waals surface area contributed by atoms with Crippen molar-refractivity contribution in [1.29, 1.82) is 0 Å². The molecular weight excluding hydrogens is 137 g/mol. The van der Waals surface area contributed by atoms with Gasteiger partial charge in [-0.1, -0.05) is 0 Å². The third kappa shape index (κ3) is 199. The van der Waals surface area contributed by atoms with Crippen molar-refractivity contribution in [1.82, 2.24) is 0 Å². The molecule has 0 rings (SSSR count). The van der Waals surface area contributed by atoms with Gasteiger partial charge >= 0.3 is 0 Å². The molecule has 0 saturated carbocycles. The van der Waals surface area contributed by atoms with Crippen LogP contribution in [0.4, 0.5) is 0 Å². The van der Waals surface area contributed by atoms with Crippen molar-refractivity contribution in [2.45, 2.75) is 0 Å². The van der Waals surface area contributed by atoms with Crippen LogP contribution >= 0.6 is 0 Å². The van der Waals surface area contributed by atoms with E-state index in [4.69, 9.17) is 15.3 Å². The third-order valence-electron chi connectivity index (χ3n) is 0. The van der Waals surface area contributed by atoms with Crippen molar-refractivity contribution in [3.8, 4) is 0 Å². The van der Waals surface area contributed by atoms with E-state index in [0.29, 0.717) is 0 Å². The second-order valence-electron chi connectivity index (χ2n) is 0.238. The Morgan fingerprint density at radius 2 is 1.80 bits per heavy atom. The van der Waals surface area contributed by atoms with Crippen LogP contribution < -0.4 is 0 Å². The molecule has 0 atom stereocenters. The summed E-state index contributed by atoms with van der Waals surface area (Å²) in [6, 6.07) is 0. The molecule has 0 fully saturated rings. The monoisotopic (exact) mass is 138 g/mol. The molecule has 0 saturated heterocycles. The Labute approximate surface area is 39.2 Å². The van der Waals surface area contributed by atoms with Crippen LogP contribution in [0.5, 0.6) is 0 Å². The quantitative estimate of drug-likeness (QED) is 0.272. The van der Waals surface area contributed by atoms with E-state index in [1.165, 1.54) is 0 Å². The summed E-state index contributed by atoms with van der Waals surface area (Å²) in [6.45, 7) is 0. The van der Waals surface area contributed by atoms with Crippen LogP contribution in [-0.4, -0.2) is 28.2 Å². The first-order valence-electron chi connectivity index (χ1n) is 0.565. The molecular formula is HAsNO3.